The van der Waals surface area contributed by atoms with Crippen LogP contribution in [0.15, 0.2) is 24.3 Å². The number of fused-ring (bicyclic) bond motifs is 10. The average molecular weight is 761 g/mol. The van der Waals surface area contributed by atoms with E-state index in [4.69, 9.17) is 42.6 Å². The molecule has 8 aliphatic heterocycles. The molecule has 0 aromatic rings. The molecule has 8 aliphatic rings. The fraction of sp³-hybridized carbons (Fsp3) is 0.881. The van der Waals surface area contributed by atoms with E-state index in [1.807, 2.05) is 0 Å². The summed E-state index contributed by atoms with van der Waals surface area (Å²) in [5.74, 6) is 0.0915. The van der Waals surface area contributed by atoms with Crippen LogP contribution >= 0.6 is 0 Å². The number of hydrogen-bond acceptors (Lipinski definition) is 12. The standard InChI is InChI=1S/C42H64O12/c1-22-12-27-6-8-31-23(2)13-29(49-31)10-11-42-19-38(46-4)41(54-42)37-18-35(48-21-42)40-32(52-37)9-7-28(51-40)14-25(44)15-30-34(17-33(50-27)24(22)3)53-36(39(30)47-5)16-26(45)20-43/h22,26-41,43,45H,2-3,6-21H2,1,4-5H3/t22-,26?,27+,28?,29?,30?,31+,32+,33?,34+,35?,36-,37?,38-,39-,40?,41?,42?/m1/s1. The molecule has 10 unspecified atom stereocenters. The van der Waals surface area contributed by atoms with Crippen LogP contribution in [0.1, 0.15) is 96.8 Å². The van der Waals surface area contributed by atoms with E-state index in [2.05, 4.69) is 20.1 Å². The van der Waals surface area contributed by atoms with Crippen LogP contribution in [-0.4, -0.2) is 141 Å². The summed E-state index contributed by atoms with van der Waals surface area (Å²) in [6, 6.07) is 0. The van der Waals surface area contributed by atoms with Gasteiger partial charge in [0.25, 0.3) is 0 Å². The van der Waals surface area contributed by atoms with Crippen molar-refractivity contribution in [1.82, 2.24) is 0 Å². The van der Waals surface area contributed by atoms with Crippen LogP contribution in [0, 0.1) is 11.8 Å². The Morgan fingerprint density at radius 1 is 0.815 bits per heavy atom. The molecule has 0 aromatic carbocycles. The van der Waals surface area contributed by atoms with Gasteiger partial charge in [-0.3, -0.25) is 4.79 Å². The zero-order chi connectivity index (χ0) is 37.7. The Morgan fingerprint density at radius 2 is 1.61 bits per heavy atom. The second kappa shape index (κ2) is 16.5. The highest BCUT2D eigenvalue weighted by Crippen LogP contribution is 2.47. The summed E-state index contributed by atoms with van der Waals surface area (Å²) in [5, 5.41) is 20.1. The Balaban J connectivity index is 1.06. The number of aliphatic hydroxyl groups is 2. The molecule has 2 N–H and O–H groups in total. The molecule has 10 bridgehead atoms. The molecule has 8 saturated heterocycles. The average Bonchev–Trinajstić information content (AvgIpc) is 3.82. The minimum absolute atomic E-state index is 0.0232. The van der Waals surface area contributed by atoms with Crippen molar-refractivity contribution < 1.29 is 57.6 Å². The Hall–Kier alpha value is -1.29. The fourth-order valence-corrected chi connectivity index (χ4v) is 11.2. The van der Waals surface area contributed by atoms with Gasteiger partial charge in [0.15, 0.2) is 0 Å². The van der Waals surface area contributed by atoms with Gasteiger partial charge >= 0.3 is 0 Å². The summed E-state index contributed by atoms with van der Waals surface area (Å²) in [6.07, 6.45) is 5.54. The van der Waals surface area contributed by atoms with Gasteiger partial charge in [0, 0.05) is 58.7 Å². The van der Waals surface area contributed by atoms with E-state index < -0.39 is 23.9 Å². The number of ether oxygens (including phenoxy) is 9. The number of hydrogen-bond donors (Lipinski definition) is 2. The highest BCUT2D eigenvalue weighted by molar-refractivity contribution is 5.79. The first-order valence-corrected chi connectivity index (χ1v) is 20.8. The van der Waals surface area contributed by atoms with Crippen LogP contribution in [0.3, 0.4) is 0 Å². The van der Waals surface area contributed by atoms with Crippen molar-refractivity contribution in [3.8, 4) is 0 Å². The highest BCUT2D eigenvalue weighted by atomic mass is 16.6. The molecule has 8 fully saturated rings. The van der Waals surface area contributed by atoms with Crippen LogP contribution in [0.5, 0.6) is 0 Å². The summed E-state index contributed by atoms with van der Waals surface area (Å²) in [5.41, 5.74) is 1.67. The van der Waals surface area contributed by atoms with Crippen LogP contribution in [0.2, 0.25) is 0 Å². The molecule has 12 heteroatoms. The predicted molar refractivity (Wildman–Crippen MR) is 196 cm³/mol. The summed E-state index contributed by atoms with van der Waals surface area (Å²) in [7, 11) is 3.40. The second-order valence-corrected chi connectivity index (χ2v) is 17.9. The number of methoxy groups -OCH3 is 2. The van der Waals surface area contributed by atoms with E-state index in [-0.39, 0.29) is 117 Å². The van der Waals surface area contributed by atoms with Crippen LogP contribution in [0.4, 0.5) is 0 Å². The highest BCUT2D eigenvalue weighted by Gasteiger charge is 2.57. The van der Waals surface area contributed by atoms with Crippen molar-refractivity contribution in [2.24, 2.45) is 11.8 Å². The molecular weight excluding hydrogens is 696 g/mol. The van der Waals surface area contributed by atoms with Gasteiger partial charge in [-0.05, 0) is 68.4 Å². The van der Waals surface area contributed by atoms with E-state index in [0.717, 1.165) is 62.5 Å². The van der Waals surface area contributed by atoms with Crippen LogP contribution < -0.4 is 0 Å². The maximum atomic E-state index is 14.0. The number of carbonyl (C=O) groups is 1. The fourth-order valence-electron chi connectivity index (χ4n) is 11.2. The molecule has 12 nitrogen and oxygen atoms in total. The largest absolute Gasteiger partial charge is 0.394 e. The molecule has 54 heavy (non-hydrogen) atoms. The van der Waals surface area contributed by atoms with Gasteiger partial charge in [-0.15, -0.1) is 0 Å². The van der Waals surface area contributed by atoms with Gasteiger partial charge in [-0.2, -0.15) is 0 Å². The smallest absolute Gasteiger partial charge is 0.135 e. The van der Waals surface area contributed by atoms with Crippen molar-refractivity contribution in [1.29, 1.82) is 0 Å². The Labute approximate surface area is 320 Å². The third-order valence-corrected chi connectivity index (χ3v) is 14.2. The first-order valence-electron chi connectivity index (χ1n) is 20.8. The molecular formula is C42H64O12. The molecule has 0 amide bonds. The predicted octanol–water partition coefficient (Wildman–Crippen LogP) is 4.15. The number of aliphatic hydroxyl groups excluding tert-OH is 2. The first kappa shape index (κ1) is 39.5. The molecule has 0 radical (unpaired) electrons. The second-order valence-electron chi connectivity index (χ2n) is 17.9. The zero-order valence-corrected chi connectivity index (χ0v) is 32.5. The summed E-state index contributed by atoms with van der Waals surface area (Å²) in [4.78, 5) is 14.0. The van der Waals surface area contributed by atoms with Crippen molar-refractivity contribution in [3.63, 3.8) is 0 Å². The molecule has 8 heterocycles. The van der Waals surface area contributed by atoms with Crippen molar-refractivity contribution in [2.75, 3.05) is 27.4 Å². The van der Waals surface area contributed by atoms with Gasteiger partial charge < -0.3 is 52.8 Å². The minimum atomic E-state index is -0.950. The summed E-state index contributed by atoms with van der Waals surface area (Å²) in [6.45, 7) is 11.2. The van der Waals surface area contributed by atoms with Gasteiger partial charge in [0.05, 0.1) is 98.2 Å². The Morgan fingerprint density at radius 3 is 2.41 bits per heavy atom. The van der Waals surface area contributed by atoms with Gasteiger partial charge in [-0.25, -0.2) is 0 Å². The molecule has 0 aromatic heterocycles. The lowest BCUT2D eigenvalue weighted by Crippen LogP contribution is -2.59. The van der Waals surface area contributed by atoms with Crippen molar-refractivity contribution in [2.45, 2.75) is 194 Å². The topological polar surface area (TPSA) is 141 Å². The lowest BCUT2D eigenvalue weighted by atomic mass is 9.81. The van der Waals surface area contributed by atoms with Gasteiger partial charge in [-0.1, -0.05) is 20.1 Å². The zero-order valence-electron chi connectivity index (χ0n) is 32.5. The molecule has 1 spiro atoms. The summed E-state index contributed by atoms with van der Waals surface area (Å²) >= 11 is 0. The number of carbonyl (C=O) groups excluding carboxylic acids is 1. The molecule has 18 atom stereocenters. The SMILES string of the molecule is C=C1C2C[C@@H]3O[C@H](CC(O)CO)[C@H](OC)C3CC(=O)CC3CC[C@@H]4OC5CC(OCC6(CCC7CC(=C)[C@H](CC[C@@H](C[C@H]1C)O2)O7)C[C@@H](OC)C5O6)C4O3. The summed E-state index contributed by atoms with van der Waals surface area (Å²) < 4.78 is 59.4. The molecule has 8 rings (SSSR count). The number of ketones is 1. The maximum Gasteiger partial charge on any atom is 0.135 e. The monoisotopic (exact) mass is 760 g/mol. The van der Waals surface area contributed by atoms with Crippen molar-refractivity contribution >= 4 is 5.78 Å². The third kappa shape index (κ3) is 8.06. The van der Waals surface area contributed by atoms with E-state index >= 15 is 0 Å². The van der Waals surface area contributed by atoms with Crippen LogP contribution in [0.25, 0.3) is 0 Å². The van der Waals surface area contributed by atoms with Crippen molar-refractivity contribution in [3.05, 3.63) is 24.3 Å². The van der Waals surface area contributed by atoms with E-state index in [1.54, 1.807) is 14.2 Å². The van der Waals surface area contributed by atoms with Crippen LogP contribution in [-0.2, 0) is 47.4 Å². The van der Waals surface area contributed by atoms with Gasteiger partial charge in [0.2, 0.25) is 0 Å². The third-order valence-electron chi connectivity index (χ3n) is 14.2. The first-order chi connectivity index (χ1) is 26.0. The van der Waals surface area contributed by atoms with E-state index in [0.29, 0.717) is 25.9 Å². The molecule has 304 valence electrons. The number of rotatable bonds is 5. The molecule has 0 saturated carbocycles. The van der Waals surface area contributed by atoms with E-state index in [1.165, 1.54) is 0 Å². The lowest BCUT2D eigenvalue weighted by molar-refractivity contribution is -0.283. The van der Waals surface area contributed by atoms with E-state index in [9.17, 15) is 15.0 Å². The Kier molecular flexibility index (Phi) is 12.1. The quantitative estimate of drug-likeness (QED) is 0.389. The number of Topliss-reactive ketones (excluding diaryl/α,β-unsaturated/α-hetero) is 1. The minimum Gasteiger partial charge on any atom is -0.394 e. The lowest BCUT2D eigenvalue weighted by Gasteiger charge is -2.49. The Bertz CT molecular complexity index is 1360. The normalized spacial score (nSPS) is 49.2. The maximum absolute atomic E-state index is 14.0. The molecule has 0 aliphatic carbocycles. The van der Waals surface area contributed by atoms with Gasteiger partial charge in [0.1, 0.15) is 18.0 Å².